The SMILES string of the molecule is Cc1ccc(NC(=O)c2cc(N3CCN(CCO)CC3)cc(C(F)(F)F)c2)cc1N(c1cc(NC2CC2)ncn1)c1ncc[nH]1. The topological polar surface area (TPSA) is 126 Å². The first-order valence-electron chi connectivity index (χ1n) is 14.8. The molecule has 0 radical (unpaired) electrons. The van der Waals surface area contributed by atoms with Crippen LogP contribution in [0.3, 0.4) is 0 Å². The summed E-state index contributed by atoms with van der Waals surface area (Å²) in [6, 6.07) is 10.9. The number of aromatic amines is 1. The smallest absolute Gasteiger partial charge is 0.395 e. The van der Waals surface area contributed by atoms with E-state index in [1.165, 1.54) is 12.4 Å². The summed E-state index contributed by atoms with van der Waals surface area (Å²) in [5.74, 6) is 1.03. The second-order valence-corrected chi connectivity index (χ2v) is 11.2. The molecule has 6 rings (SSSR count). The van der Waals surface area contributed by atoms with E-state index in [0.717, 1.165) is 30.5 Å². The molecule has 236 valence electrons. The summed E-state index contributed by atoms with van der Waals surface area (Å²) in [4.78, 5) is 35.5. The van der Waals surface area contributed by atoms with E-state index in [0.29, 0.717) is 73.4 Å². The number of piperazine rings is 1. The third-order valence-electron chi connectivity index (χ3n) is 7.88. The molecule has 45 heavy (non-hydrogen) atoms. The molecule has 2 aromatic heterocycles. The second kappa shape index (κ2) is 12.7. The molecule has 2 aliphatic rings. The largest absolute Gasteiger partial charge is 0.416 e. The zero-order valence-electron chi connectivity index (χ0n) is 24.7. The van der Waals surface area contributed by atoms with Gasteiger partial charge in [0.25, 0.3) is 5.91 Å². The van der Waals surface area contributed by atoms with Crippen molar-refractivity contribution in [2.75, 3.05) is 59.8 Å². The highest BCUT2D eigenvalue weighted by molar-refractivity contribution is 6.05. The number of nitrogens with one attached hydrogen (secondary N) is 3. The predicted molar refractivity (Wildman–Crippen MR) is 165 cm³/mol. The normalized spacial score (nSPS) is 15.6. The number of nitrogens with zero attached hydrogens (tertiary/aromatic N) is 6. The summed E-state index contributed by atoms with van der Waals surface area (Å²) >= 11 is 0. The van der Waals surface area contributed by atoms with Crippen LogP contribution < -0.4 is 20.4 Å². The van der Waals surface area contributed by atoms with Gasteiger partial charge in [-0.15, -0.1) is 0 Å². The van der Waals surface area contributed by atoms with Crippen LogP contribution in [0.25, 0.3) is 0 Å². The number of alkyl halides is 3. The Bertz CT molecular complexity index is 1640. The van der Waals surface area contributed by atoms with Gasteiger partial charge < -0.3 is 25.6 Å². The Hall–Kier alpha value is -4.69. The number of β-amino-alcohol motifs (C(OH)–C–C–N with tert-alkyl or cyclic N) is 1. The Morgan fingerprint density at radius 3 is 2.56 bits per heavy atom. The molecule has 1 aliphatic heterocycles. The zero-order chi connectivity index (χ0) is 31.6. The lowest BCUT2D eigenvalue weighted by molar-refractivity contribution is -0.137. The molecule has 1 amide bonds. The number of aliphatic hydroxyl groups excluding tert-OH is 1. The summed E-state index contributed by atoms with van der Waals surface area (Å²) in [6.45, 7) is 4.59. The van der Waals surface area contributed by atoms with Crippen LogP contribution in [0.2, 0.25) is 0 Å². The van der Waals surface area contributed by atoms with Crippen molar-refractivity contribution >= 4 is 40.6 Å². The van der Waals surface area contributed by atoms with Crippen molar-refractivity contribution in [1.29, 1.82) is 0 Å². The Morgan fingerprint density at radius 2 is 1.87 bits per heavy atom. The van der Waals surface area contributed by atoms with E-state index in [1.54, 1.807) is 29.4 Å². The zero-order valence-corrected chi connectivity index (χ0v) is 24.7. The molecule has 4 aromatic rings. The number of hydrogen-bond donors (Lipinski definition) is 4. The number of amides is 1. The Morgan fingerprint density at radius 1 is 1.07 bits per heavy atom. The number of halogens is 3. The van der Waals surface area contributed by atoms with E-state index in [4.69, 9.17) is 0 Å². The lowest BCUT2D eigenvalue weighted by Crippen LogP contribution is -2.47. The third-order valence-corrected chi connectivity index (χ3v) is 7.88. The fraction of sp³-hybridized carbons (Fsp3) is 0.355. The van der Waals surface area contributed by atoms with Crippen LogP contribution in [0.4, 0.5) is 47.8 Å². The maximum Gasteiger partial charge on any atom is 0.416 e. The number of aromatic nitrogens is 4. The van der Waals surface area contributed by atoms with Gasteiger partial charge in [0.2, 0.25) is 5.95 Å². The highest BCUT2D eigenvalue weighted by Gasteiger charge is 2.33. The molecule has 1 saturated heterocycles. The lowest BCUT2D eigenvalue weighted by atomic mass is 10.1. The van der Waals surface area contributed by atoms with Gasteiger partial charge in [0.1, 0.15) is 18.0 Å². The van der Waals surface area contributed by atoms with Crippen molar-refractivity contribution in [3.8, 4) is 0 Å². The molecule has 1 aliphatic carbocycles. The van der Waals surface area contributed by atoms with Crippen molar-refractivity contribution in [2.24, 2.45) is 0 Å². The van der Waals surface area contributed by atoms with Crippen LogP contribution in [0, 0.1) is 6.92 Å². The Balaban J connectivity index is 1.29. The molecular formula is C31H34F3N9O2. The van der Waals surface area contributed by atoms with E-state index in [9.17, 15) is 23.1 Å². The van der Waals surface area contributed by atoms with Crippen molar-refractivity contribution in [3.05, 3.63) is 77.9 Å². The average molecular weight is 622 g/mol. The lowest BCUT2D eigenvalue weighted by Gasteiger charge is -2.36. The van der Waals surface area contributed by atoms with Crippen molar-refractivity contribution in [1.82, 2.24) is 24.8 Å². The fourth-order valence-corrected chi connectivity index (χ4v) is 5.30. The molecular weight excluding hydrogens is 587 g/mol. The number of hydrogen-bond acceptors (Lipinski definition) is 9. The minimum Gasteiger partial charge on any atom is -0.395 e. The van der Waals surface area contributed by atoms with Gasteiger partial charge >= 0.3 is 6.18 Å². The molecule has 1 saturated carbocycles. The van der Waals surface area contributed by atoms with Crippen LogP contribution in [0.1, 0.15) is 34.3 Å². The third kappa shape index (κ3) is 7.18. The highest BCUT2D eigenvalue weighted by Crippen LogP contribution is 2.37. The molecule has 0 atom stereocenters. The van der Waals surface area contributed by atoms with Gasteiger partial charge in [-0.25, -0.2) is 15.0 Å². The Labute approximate surface area is 258 Å². The number of H-pyrrole nitrogens is 1. The fourth-order valence-electron chi connectivity index (χ4n) is 5.30. The summed E-state index contributed by atoms with van der Waals surface area (Å²) in [5, 5.41) is 15.4. The van der Waals surface area contributed by atoms with Crippen molar-refractivity contribution < 1.29 is 23.1 Å². The molecule has 14 heteroatoms. The first-order chi connectivity index (χ1) is 21.7. The number of imidazole rings is 1. The first kappa shape index (κ1) is 30.3. The molecule has 0 bridgehead atoms. The van der Waals surface area contributed by atoms with Crippen LogP contribution in [0.5, 0.6) is 0 Å². The van der Waals surface area contributed by atoms with Crippen LogP contribution in [-0.4, -0.2) is 81.2 Å². The molecule has 2 fully saturated rings. The first-order valence-corrected chi connectivity index (χ1v) is 14.8. The van der Waals surface area contributed by atoms with Crippen LogP contribution >= 0.6 is 0 Å². The molecule has 0 unspecified atom stereocenters. The number of anilines is 6. The maximum atomic E-state index is 13.9. The van der Waals surface area contributed by atoms with E-state index in [-0.39, 0.29) is 12.2 Å². The van der Waals surface area contributed by atoms with E-state index >= 15 is 0 Å². The summed E-state index contributed by atoms with van der Waals surface area (Å²) in [7, 11) is 0. The average Bonchev–Trinajstić information content (AvgIpc) is 3.68. The maximum absolute atomic E-state index is 13.9. The van der Waals surface area contributed by atoms with Gasteiger partial charge in [0, 0.05) is 74.2 Å². The second-order valence-electron chi connectivity index (χ2n) is 11.2. The standard InChI is InChI=1S/C31H34F3N9O2/c1-20-2-3-24(17-26(20)43(30-35-6-7-36-30)28-18-27(37-19-38-28)39-23-4-5-23)40-29(45)21-14-22(31(32,33)34)16-25(15-21)42-10-8-41(9-11-42)12-13-44/h2-3,6-7,14-19,23,44H,4-5,8-13H2,1H3,(H,35,36)(H,40,45)(H,37,38,39). The van der Waals surface area contributed by atoms with E-state index in [2.05, 4.69) is 30.6 Å². The number of carbonyl (C=O) groups is 1. The van der Waals surface area contributed by atoms with E-state index < -0.39 is 17.6 Å². The quantitative estimate of drug-likeness (QED) is 0.195. The molecule has 3 heterocycles. The molecule has 11 nitrogen and oxygen atoms in total. The van der Waals surface area contributed by atoms with Gasteiger partial charge in [0.05, 0.1) is 17.9 Å². The van der Waals surface area contributed by atoms with Crippen LogP contribution in [-0.2, 0) is 6.18 Å². The minimum absolute atomic E-state index is 0.0195. The number of aliphatic hydroxyl groups is 1. The number of carbonyl (C=O) groups excluding carboxylic acids is 1. The van der Waals surface area contributed by atoms with Crippen molar-refractivity contribution in [3.63, 3.8) is 0 Å². The summed E-state index contributed by atoms with van der Waals surface area (Å²) in [5.41, 5.74) is 1.22. The predicted octanol–water partition coefficient (Wildman–Crippen LogP) is 4.94. The van der Waals surface area contributed by atoms with Gasteiger partial charge in [-0.05, 0) is 55.7 Å². The number of rotatable bonds is 10. The number of benzene rings is 2. The van der Waals surface area contributed by atoms with Crippen LogP contribution in [0.15, 0.2) is 61.2 Å². The highest BCUT2D eigenvalue weighted by atomic mass is 19.4. The van der Waals surface area contributed by atoms with Gasteiger partial charge in [-0.1, -0.05) is 6.07 Å². The van der Waals surface area contributed by atoms with Gasteiger partial charge in [-0.3, -0.25) is 14.6 Å². The van der Waals surface area contributed by atoms with Gasteiger partial charge in [-0.2, -0.15) is 13.2 Å². The monoisotopic (exact) mass is 621 g/mol. The van der Waals surface area contributed by atoms with E-state index in [1.807, 2.05) is 28.9 Å². The molecule has 0 spiro atoms. The summed E-state index contributed by atoms with van der Waals surface area (Å²) in [6.07, 6.45) is 2.30. The van der Waals surface area contributed by atoms with Crippen molar-refractivity contribution in [2.45, 2.75) is 32.0 Å². The molecule has 2 aromatic carbocycles. The minimum atomic E-state index is -4.63. The number of aryl methyl sites for hydroxylation is 1. The van der Waals surface area contributed by atoms with Gasteiger partial charge in [0.15, 0.2) is 0 Å². The molecule has 4 N–H and O–H groups in total. The Kier molecular flexibility index (Phi) is 8.59. The summed E-state index contributed by atoms with van der Waals surface area (Å²) < 4.78 is 41.8.